The summed E-state index contributed by atoms with van der Waals surface area (Å²) in [5.41, 5.74) is 3.05. The van der Waals surface area contributed by atoms with Gasteiger partial charge >= 0.3 is 0 Å². The first-order valence-electron chi connectivity index (χ1n) is 10.1. The summed E-state index contributed by atoms with van der Waals surface area (Å²) in [6, 6.07) is 8.04. The van der Waals surface area contributed by atoms with Crippen LogP contribution in [-0.2, 0) is 16.6 Å². The highest BCUT2D eigenvalue weighted by atomic mass is 32.2. The zero-order valence-corrected chi connectivity index (χ0v) is 18.8. The third-order valence-electron chi connectivity index (χ3n) is 5.43. The van der Waals surface area contributed by atoms with Crippen molar-refractivity contribution in [3.05, 3.63) is 52.7 Å². The third kappa shape index (κ3) is 4.82. The van der Waals surface area contributed by atoms with Crippen LogP contribution in [0.3, 0.4) is 0 Å². The Balaban J connectivity index is 1.70. The molecule has 1 fully saturated rings. The van der Waals surface area contributed by atoms with Crippen molar-refractivity contribution in [1.82, 2.24) is 14.6 Å². The Bertz CT molecular complexity index is 1020. The topological polar surface area (TPSA) is 88.6 Å². The van der Waals surface area contributed by atoms with Crippen molar-refractivity contribution >= 4 is 15.9 Å². The van der Waals surface area contributed by atoms with Gasteiger partial charge in [0.2, 0.25) is 15.9 Å². The first-order chi connectivity index (χ1) is 14.2. The van der Waals surface area contributed by atoms with E-state index in [9.17, 15) is 13.2 Å². The van der Waals surface area contributed by atoms with E-state index in [1.54, 1.807) is 19.2 Å². The summed E-state index contributed by atoms with van der Waals surface area (Å²) >= 11 is 0. The molecule has 7 nitrogen and oxygen atoms in total. The second-order valence-corrected chi connectivity index (χ2v) is 9.82. The maximum absolute atomic E-state index is 12.9. The summed E-state index contributed by atoms with van der Waals surface area (Å²) in [6.07, 6.45) is 1.92. The molecule has 1 aliphatic heterocycles. The average molecular weight is 432 g/mol. The van der Waals surface area contributed by atoms with E-state index >= 15 is 0 Å². The summed E-state index contributed by atoms with van der Waals surface area (Å²) in [6.45, 7) is 7.25. The lowest BCUT2D eigenvalue weighted by Gasteiger charge is -2.30. The van der Waals surface area contributed by atoms with Crippen molar-refractivity contribution in [2.24, 2.45) is 5.92 Å². The number of nitrogens with one attached hydrogen (secondary N) is 1. The van der Waals surface area contributed by atoms with Crippen LogP contribution in [0.2, 0.25) is 0 Å². The molecule has 8 heteroatoms. The highest BCUT2D eigenvalue weighted by Gasteiger charge is 2.28. The minimum atomic E-state index is -3.53. The number of nitrogens with zero attached hydrogens (tertiary/aromatic N) is 2. The predicted octanol–water partition coefficient (Wildman–Crippen LogP) is 3.06. The van der Waals surface area contributed by atoms with Gasteiger partial charge in [0, 0.05) is 36.5 Å². The first-order valence-corrected chi connectivity index (χ1v) is 11.6. The number of methoxy groups -OCH3 is 1. The Kier molecular flexibility index (Phi) is 6.77. The molecule has 0 radical (unpaired) electrons. The summed E-state index contributed by atoms with van der Waals surface area (Å²) in [5, 5.41) is 2.86. The predicted molar refractivity (Wildman–Crippen MR) is 115 cm³/mol. The smallest absolute Gasteiger partial charge is 0.251 e. The van der Waals surface area contributed by atoms with Crippen LogP contribution in [0.1, 0.15) is 46.9 Å². The van der Waals surface area contributed by atoms with Crippen LogP contribution in [0.25, 0.3) is 0 Å². The number of aryl methyl sites for hydroxylation is 2. The van der Waals surface area contributed by atoms with Crippen molar-refractivity contribution in [3.63, 3.8) is 0 Å². The Hall–Kier alpha value is -2.45. The average Bonchev–Trinajstić information content (AvgIpc) is 2.72. The minimum absolute atomic E-state index is 0.216. The molecule has 162 valence electrons. The van der Waals surface area contributed by atoms with E-state index in [2.05, 4.69) is 17.2 Å². The van der Waals surface area contributed by atoms with E-state index in [4.69, 9.17) is 4.74 Å². The van der Waals surface area contributed by atoms with Gasteiger partial charge in [-0.2, -0.15) is 4.31 Å². The van der Waals surface area contributed by atoms with E-state index in [1.165, 1.54) is 16.4 Å². The van der Waals surface area contributed by atoms with Gasteiger partial charge in [-0.25, -0.2) is 13.4 Å². The lowest BCUT2D eigenvalue weighted by atomic mass is 10.0. The van der Waals surface area contributed by atoms with Crippen LogP contribution >= 0.6 is 0 Å². The zero-order chi connectivity index (χ0) is 21.9. The van der Waals surface area contributed by atoms with Gasteiger partial charge in [-0.15, -0.1) is 0 Å². The summed E-state index contributed by atoms with van der Waals surface area (Å²) in [7, 11) is -1.98. The van der Waals surface area contributed by atoms with Crippen molar-refractivity contribution in [2.45, 2.75) is 45.1 Å². The number of carbonyl (C=O) groups is 1. The van der Waals surface area contributed by atoms with Gasteiger partial charge in [-0.1, -0.05) is 6.92 Å². The third-order valence-corrected chi connectivity index (χ3v) is 7.31. The van der Waals surface area contributed by atoms with Crippen LogP contribution in [0.4, 0.5) is 0 Å². The molecule has 3 rings (SSSR count). The minimum Gasteiger partial charge on any atom is -0.481 e. The molecule has 2 heterocycles. The molecule has 30 heavy (non-hydrogen) atoms. The van der Waals surface area contributed by atoms with Gasteiger partial charge in [-0.3, -0.25) is 4.79 Å². The van der Waals surface area contributed by atoms with Gasteiger partial charge in [0.15, 0.2) is 0 Å². The van der Waals surface area contributed by atoms with Crippen LogP contribution in [0.5, 0.6) is 5.88 Å². The zero-order valence-electron chi connectivity index (χ0n) is 17.9. The molecule has 2 aromatic rings. The normalized spacial score (nSPS) is 17.5. The number of ether oxygens (including phenoxy) is 1. The number of carbonyl (C=O) groups excluding carboxylic acids is 1. The van der Waals surface area contributed by atoms with Crippen LogP contribution in [-0.4, -0.2) is 43.8 Å². The van der Waals surface area contributed by atoms with E-state index < -0.39 is 10.0 Å². The Morgan fingerprint density at radius 2 is 1.97 bits per heavy atom. The van der Waals surface area contributed by atoms with Crippen LogP contribution in [0.15, 0.2) is 35.2 Å². The van der Waals surface area contributed by atoms with E-state index in [0.717, 1.165) is 29.7 Å². The SMILES string of the molecule is COc1nc(C)cc(C)c1CNC(=O)c1ccc(S(=O)(=O)N2CCCC(C)C2)cc1. The van der Waals surface area contributed by atoms with Crippen molar-refractivity contribution in [3.8, 4) is 5.88 Å². The number of hydrogen-bond donors (Lipinski definition) is 1. The fraction of sp³-hybridized carbons (Fsp3) is 0.455. The number of piperidine rings is 1. The summed E-state index contributed by atoms with van der Waals surface area (Å²) in [4.78, 5) is 17.1. The molecule has 1 unspecified atom stereocenters. The van der Waals surface area contributed by atoms with Gasteiger partial charge in [0.25, 0.3) is 5.91 Å². The maximum atomic E-state index is 12.9. The molecule has 1 aromatic carbocycles. The monoisotopic (exact) mass is 431 g/mol. The molecule has 1 N–H and O–H groups in total. The van der Waals surface area contributed by atoms with Crippen LogP contribution in [0, 0.1) is 19.8 Å². The Morgan fingerprint density at radius 1 is 1.27 bits per heavy atom. The largest absolute Gasteiger partial charge is 0.481 e. The number of benzene rings is 1. The molecule has 1 aliphatic rings. The molecule has 1 saturated heterocycles. The Labute approximate surface area is 178 Å². The van der Waals surface area contributed by atoms with Gasteiger partial charge < -0.3 is 10.1 Å². The quantitative estimate of drug-likeness (QED) is 0.759. The fourth-order valence-corrected chi connectivity index (χ4v) is 5.37. The molecule has 0 spiro atoms. The summed E-state index contributed by atoms with van der Waals surface area (Å²) in [5.74, 6) is 0.563. The van der Waals surface area contributed by atoms with E-state index in [0.29, 0.717) is 30.5 Å². The fourth-order valence-electron chi connectivity index (χ4n) is 3.78. The molecule has 0 aliphatic carbocycles. The Morgan fingerprint density at radius 3 is 2.60 bits per heavy atom. The van der Waals surface area contributed by atoms with E-state index in [1.807, 2.05) is 19.9 Å². The second-order valence-electron chi connectivity index (χ2n) is 7.89. The standard InChI is InChI=1S/C22H29N3O4S/c1-15-6-5-11-25(14-15)30(27,28)19-9-7-18(8-10-19)21(26)23-13-20-16(2)12-17(3)24-22(20)29-4/h7-10,12,15H,5-6,11,13-14H2,1-4H3,(H,23,26). The lowest BCUT2D eigenvalue weighted by molar-refractivity contribution is 0.0950. The number of amides is 1. The molecule has 1 atom stereocenters. The van der Waals surface area contributed by atoms with E-state index in [-0.39, 0.29) is 17.3 Å². The maximum Gasteiger partial charge on any atom is 0.251 e. The number of pyridine rings is 1. The highest BCUT2D eigenvalue weighted by molar-refractivity contribution is 7.89. The number of hydrogen-bond acceptors (Lipinski definition) is 5. The molecular weight excluding hydrogens is 402 g/mol. The number of aromatic nitrogens is 1. The van der Waals surface area contributed by atoms with Crippen molar-refractivity contribution in [1.29, 1.82) is 0 Å². The van der Waals surface area contributed by atoms with Gasteiger partial charge in [0.05, 0.1) is 12.0 Å². The number of sulfonamides is 1. The molecule has 1 amide bonds. The van der Waals surface area contributed by atoms with Crippen molar-refractivity contribution < 1.29 is 17.9 Å². The van der Waals surface area contributed by atoms with Crippen molar-refractivity contribution in [2.75, 3.05) is 20.2 Å². The first kappa shape index (κ1) is 22.2. The lowest BCUT2D eigenvalue weighted by Crippen LogP contribution is -2.39. The highest BCUT2D eigenvalue weighted by Crippen LogP contribution is 2.24. The molecule has 1 aromatic heterocycles. The number of rotatable bonds is 6. The molecular formula is C22H29N3O4S. The molecule has 0 bridgehead atoms. The molecule has 0 saturated carbocycles. The summed E-state index contributed by atoms with van der Waals surface area (Å²) < 4.78 is 32.6. The van der Waals surface area contributed by atoms with Gasteiger partial charge in [0.1, 0.15) is 0 Å². The second kappa shape index (κ2) is 9.14. The van der Waals surface area contributed by atoms with Crippen LogP contribution < -0.4 is 10.1 Å². The van der Waals surface area contributed by atoms with Gasteiger partial charge in [-0.05, 0) is 68.5 Å².